The first-order valence-corrected chi connectivity index (χ1v) is 9.13. The van der Waals surface area contributed by atoms with E-state index in [9.17, 15) is 8.42 Å². The van der Waals surface area contributed by atoms with Gasteiger partial charge in [-0.1, -0.05) is 32.0 Å². The highest BCUT2D eigenvalue weighted by atomic mass is 32.2. The summed E-state index contributed by atoms with van der Waals surface area (Å²) in [6, 6.07) is 8.01. The molecule has 0 fully saturated rings. The average molecular weight is 311 g/mol. The van der Waals surface area contributed by atoms with Crippen LogP contribution in [0.25, 0.3) is 0 Å². The van der Waals surface area contributed by atoms with E-state index in [1.165, 1.54) is 4.31 Å². The van der Waals surface area contributed by atoms with E-state index in [0.717, 1.165) is 37.1 Å². The van der Waals surface area contributed by atoms with Crippen molar-refractivity contribution in [3.63, 3.8) is 0 Å². The Morgan fingerprint density at radius 2 is 2.05 bits per heavy atom. The first-order chi connectivity index (χ1) is 10.1. The minimum atomic E-state index is -3.47. The van der Waals surface area contributed by atoms with Crippen molar-refractivity contribution in [2.45, 2.75) is 39.2 Å². The smallest absolute Gasteiger partial charge is 0.301 e. The quantitative estimate of drug-likeness (QED) is 0.846. The molecule has 0 spiro atoms. The van der Waals surface area contributed by atoms with Gasteiger partial charge in [-0.3, -0.25) is 4.31 Å². The Kier molecular flexibility index (Phi) is 5.61. The largest absolute Gasteiger partial charge is 0.310 e. The van der Waals surface area contributed by atoms with Crippen molar-refractivity contribution < 1.29 is 8.42 Å². The summed E-state index contributed by atoms with van der Waals surface area (Å²) < 4.78 is 29.2. The van der Waals surface area contributed by atoms with Crippen molar-refractivity contribution in [1.29, 1.82) is 0 Å². The molecule has 6 heteroatoms. The van der Waals surface area contributed by atoms with Crippen molar-refractivity contribution in [3.8, 4) is 0 Å². The van der Waals surface area contributed by atoms with Gasteiger partial charge in [-0.05, 0) is 37.4 Å². The number of anilines is 1. The lowest BCUT2D eigenvalue weighted by atomic mass is 10.0. The minimum Gasteiger partial charge on any atom is -0.310 e. The molecule has 1 atom stereocenters. The molecule has 1 aromatic rings. The number of nitrogens with one attached hydrogen (secondary N) is 2. The van der Waals surface area contributed by atoms with Crippen LogP contribution >= 0.6 is 0 Å². The minimum absolute atomic E-state index is 0.220. The average Bonchev–Trinajstić information content (AvgIpc) is 2.66. The molecular formula is C15H25N3O2S. The van der Waals surface area contributed by atoms with Gasteiger partial charge in [0, 0.05) is 19.1 Å². The summed E-state index contributed by atoms with van der Waals surface area (Å²) in [7, 11) is -3.47. The van der Waals surface area contributed by atoms with Crippen LogP contribution in [0.4, 0.5) is 5.69 Å². The van der Waals surface area contributed by atoms with Gasteiger partial charge in [0.25, 0.3) is 0 Å². The number of para-hydroxylation sites is 1. The lowest BCUT2D eigenvalue weighted by Crippen LogP contribution is -2.41. The number of fused-ring (bicyclic) bond motifs is 1. The van der Waals surface area contributed by atoms with Crippen molar-refractivity contribution in [2.24, 2.45) is 0 Å². The van der Waals surface area contributed by atoms with Gasteiger partial charge in [-0.15, -0.1) is 0 Å². The Bertz CT molecular complexity index is 560. The number of rotatable bonds is 6. The van der Waals surface area contributed by atoms with Gasteiger partial charge >= 0.3 is 10.2 Å². The summed E-state index contributed by atoms with van der Waals surface area (Å²) >= 11 is 0. The second kappa shape index (κ2) is 7.24. The number of benzene rings is 1. The zero-order valence-corrected chi connectivity index (χ0v) is 13.6. The SMILES string of the molecule is CCCNS(=O)(=O)N1CCCC(NCC)c2ccccc21. The molecule has 0 saturated carbocycles. The van der Waals surface area contributed by atoms with E-state index in [2.05, 4.69) is 17.0 Å². The maximum Gasteiger partial charge on any atom is 0.301 e. The normalized spacial score (nSPS) is 19.1. The second-order valence-electron chi connectivity index (χ2n) is 5.28. The standard InChI is InChI=1S/C15H25N3O2S/c1-3-11-17-21(19,20)18-12-7-9-14(16-4-2)13-8-5-6-10-15(13)18/h5-6,8,10,14,16-17H,3-4,7,9,11-12H2,1-2H3. The molecule has 1 aliphatic rings. The van der Waals surface area contributed by atoms with E-state index in [1.54, 1.807) is 0 Å². The van der Waals surface area contributed by atoms with Gasteiger partial charge < -0.3 is 5.32 Å². The van der Waals surface area contributed by atoms with Crippen LogP contribution < -0.4 is 14.3 Å². The zero-order valence-electron chi connectivity index (χ0n) is 12.8. The molecule has 0 aliphatic carbocycles. The van der Waals surface area contributed by atoms with Gasteiger partial charge in [0.2, 0.25) is 0 Å². The van der Waals surface area contributed by atoms with Crippen molar-refractivity contribution >= 4 is 15.9 Å². The molecular weight excluding hydrogens is 286 g/mol. The monoisotopic (exact) mass is 311 g/mol. The number of hydrogen-bond donors (Lipinski definition) is 2. The molecule has 1 heterocycles. The predicted octanol–water partition coefficient (Wildman–Crippen LogP) is 2.18. The molecule has 1 aromatic carbocycles. The summed E-state index contributed by atoms with van der Waals surface area (Å²) in [6.07, 6.45) is 2.58. The van der Waals surface area contributed by atoms with Gasteiger partial charge in [-0.25, -0.2) is 0 Å². The van der Waals surface area contributed by atoms with E-state index in [0.29, 0.717) is 13.1 Å². The van der Waals surface area contributed by atoms with Crippen LogP contribution in [-0.2, 0) is 10.2 Å². The third-order valence-corrected chi connectivity index (χ3v) is 5.24. The van der Waals surface area contributed by atoms with E-state index in [1.807, 2.05) is 31.2 Å². The van der Waals surface area contributed by atoms with Crippen molar-refractivity contribution in [1.82, 2.24) is 10.0 Å². The summed E-state index contributed by atoms with van der Waals surface area (Å²) in [5.41, 5.74) is 1.86. The Hall–Kier alpha value is -1.11. The topological polar surface area (TPSA) is 61.4 Å². The predicted molar refractivity (Wildman–Crippen MR) is 86.7 cm³/mol. The Labute approximate surface area is 127 Å². The van der Waals surface area contributed by atoms with E-state index >= 15 is 0 Å². The Morgan fingerprint density at radius 3 is 2.76 bits per heavy atom. The van der Waals surface area contributed by atoms with Crippen LogP contribution in [0.2, 0.25) is 0 Å². The van der Waals surface area contributed by atoms with Crippen LogP contribution in [0.1, 0.15) is 44.7 Å². The highest BCUT2D eigenvalue weighted by molar-refractivity contribution is 7.90. The maximum absolute atomic E-state index is 12.5. The van der Waals surface area contributed by atoms with Gasteiger partial charge in [0.1, 0.15) is 0 Å². The third kappa shape index (κ3) is 3.75. The summed E-state index contributed by atoms with van der Waals surface area (Å²) in [5.74, 6) is 0. The first-order valence-electron chi connectivity index (χ1n) is 7.69. The second-order valence-corrected chi connectivity index (χ2v) is 6.96. The lowest BCUT2D eigenvalue weighted by Gasteiger charge is -2.25. The van der Waals surface area contributed by atoms with Crippen LogP contribution in [0, 0.1) is 0 Å². The number of hydrogen-bond acceptors (Lipinski definition) is 3. The lowest BCUT2D eigenvalue weighted by molar-refractivity contribution is 0.511. The van der Waals surface area contributed by atoms with Crippen LogP contribution in [-0.4, -0.2) is 28.1 Å². The van der Waals surface area contributed by atoms with Crippen LogP contribution in [0.5, 0.6) is 0 Å². The third-order valence-electron chi connectivity index (χ3n) is 3.71. The molecule has 0 saturated heterocycles. The van der Waals surface area contributed by atoms with Crippen molar-refractivity contribution in [2.75, 3.05) is 23.9 Å². The molecule has 1 unspecified atom stereocenters. The van der Waals surface area contributed by atoms with Gasteiger partial charge in [0.15, 0.2) is 0 Å². The highest BCUT2D eigenvalue weighted by Crippen LogP contribution is 2.33. The molecule has 21 heavy (non-hydrogen) atoms. The molecule has 0 bridgehead atoms. The zero-order chi connectivity index (χ0) is 15.3. The fourth-order valence-electron chi connectivity index (χ4n) is 2.74. The molecule has 1 aliphatic heterocycles. The molecule has 0 aromatic heterocycles. The van der Waals surface area contributed by atoms with Crippen LogP contribution in [0.3, 0.4) is 0 Å². The molecule has 2 N–H and O–H groups in total. The highest BCUT2D eigenvalue weighted by Gasteiger charge is 2.28. The van der Waals surface area contributed by atoms with Crippen molar-refractivity contribution in [3.05, 3.63) is 29.8 Å². The Balaban J connectivity index is 2.37. The molecule has 5 nitrogen and oxygen atoms in total. The molecule has 2 rings (SSSR count). The van der Waals surface area contributed by atoms with Crippen LogP contribution in [0.15, 0.2) is 24.3 Å². The van der Waals surface area contributed by atoms with Gasteiger partial charge in [0.05, 0.1) is 5.69 Å². The van der Waals surface area contributed by atoms with Gasteiger partial charge in [-0.2, -0.15) is 13.1 Å². The molecule has 0 amide bonds. The van der Waals surface area contributed by atoms with E-state index in [4.69, 9.17) is 0 Å². The first kappa shape index (κ1) is 16.3. The molecule has 118 valence electrons. The summed E-state index contributed by atoms with van der Waals surface area (Å²) in [4.78, 5) is 0. The van der Waals surface area contributed by atoms with E-state index in [-0.39, 0.29) is 6.04 Å². The Morgan fingerprint density at radius 1 is 1.29 bits per heavy atom. The number of nitrogens with zero attached hydrogens (tertiary/aromatic N) is 1. The maximum atomic E-state index is 12.5. The molecule has 0 radical (unpaired) electrons. The van der Waals surface area contributed by atoms with E-state index < -0.39 is 10.2 Å². The fraction of sp³-hybridized carbons (Fsp3) is 0.600. The summed E-state index contributed by atoms with van der Waals surface area (Å²) in [6.45, 7) is 5.90. The fourth-order valence-corrected chi connectivity index (χ4v) is 4.15. The summed E-state index contributed by atoms with van der Waals surface area (Å²) in [5, 5.41) is 3.45.